The molecule has 0 saturated heterocycles. The third kappa shape index (κ3) is 2.82. The van der Waals surface area contributed by atoms with Crippen LogP contribution in [0.1, 0.15) is 12.0 Å². The number of nitrogens with zero attached hydrogens (tertiary/aromatic N) is 1. The summed E-state index contributed by atoms with van der Waals surface area (Å²) in [6, 6.07) is 6.43. The molecule has 1 unspecified atom stereocenters. The summed E-state index contributed by atoms with van der Waals surface area (Å²) in [4.78, 5) is 10.5. The van der Waals surface area contributed by atoms with Gasteiger partial charge in [0.2, 0.25) is 0 Å². The zero-order chi connectivity index (χ0) is 11.4. The highest BCUT2D eigenvalue weighted by Gasteiger charge is 2.17. The summed E-state index contributed by atoms with van der Waals surface area (Å²) in [7, 11) is 0. The van der Waals surface area contributed by atoms with Gasteiger partial charge in [0, 0.05) is 6.42 Å². The van der Waals surface area contributed by atoms with Crippen molar-refractivity contribution >= 4 is 23.1 Å². The van der Waals surface area contributed by atoms with E-state index < -0.39 is 0 Å². The van der Waals surface area contributed by atoms with Crippen LogP contribution < -0.4 is 5.43 Å². The number of halogens is 1. The lowest BCUT2D eigenvalue weighted by atomic mass is 10.1. The van der Waals surface area contributed by atoms with Crippen molar-refractivity contribution in [3.8, 4) is 0 Å². The molecule has 0 fully saturated rings. The average Bonchev–Trinajstić information content (AvgIpc) is 2.76. The Morgan fingerprint density at radius 1 is 1.38 bits per heavy atom. The van der Waals surface area contributed by atoms with E-state index in [4.69, 9.17) is 0 Å². The summed E-state index contributed by atoms with van der Waals surface area (Å²) < 4.78 is 12.6. The van der Waals surface area contributed by atoms with E-state index in [0.717, 1.165) is 29.7 Å². The monoisotopic (exact) mass is 238 g/mol. The lowest BCUT2D eigenvalue weighted by Gasteiger charge is -2.00. The summed E-state index contributed by atoms with van der Waals surface area (Å²) in [6.45, 7) is 0. The Morgan fingerprint density at radius 3 is 2.75 bits per heavy atom. The molecule has 1 aliphatic rings. The quantitative estimate of drug-likeness (QED) is 0.815. The minimum Gasteiger partial charge on any atom is -0.300 e. The van der Waals surface area contributed by atoms with Gasteiger partial charge >= 0.3 is 0 Å². The van der Waals surface area contributed by atoms with E-state index >= 15 is 0 Å². The van der Waals surface area contributed by atoms with Gasteiger partial charge in [0.15, 0.2) is 11.7 Å². The molecule has 1 heterocycles. The number of carbonyl (C=O) groups is 1. The maximum absolute atomic E-state index is 12.6. The van der Waals surface area contributed by atoms with Gasteiger partial charge in [0.25, 0.3) is 0 Å². The number of benzene rings is 1. The van der Waals surface area contributed by atoms with Gasteiger partial charge in [-0.05, 0) is 24.1 Å². The molecule has 0 amide bonds. The van der Waals surface area contributed by atoms with Crippen molar-refractivity contribution in [2.45, 2.75) is 18.2 Å². The minimum absolute atomic E-state index is 0.223. The first-order valence-corrected chi connectivity index (χ1v) is 5.84. The zero-order valence-corrected chi connectivity index (χ0v) is 9.34. The second kappa shape index (κ2) is 5.12. The van der Waals surface area contributed by atoms with E-state index in [1.54, 1.807) is 12.1 Å². The van der Waals surface area contributed by atoms with Crippen LogP contribution in [0, 0.1) is 5.82 Å². The topological polar surface area (TPSA) is 41.5 Å². The Kier molecular flexibility index (Phi) is 3.56. The molecule has 1 aromatic carbocycles. The van der Waals surface area contributed by atoms with Crippen molar-refractivity contribution in [2.24, 2.45) is 5.10 Å². The maximum atomic E-state index is 12.6. The highest BCUT2D eigenvalue weighted by Crippen LogP contribution is 2.19. The fraction of sp³-hybridized carbons (Fsp3) is 0.273. The molecular weight excluding hydrogens is 227 g/mol. The molecule has 16 heavy (non-hydrogen) atoms. The molecule has 84 valence electrons. The second-order valence-corrected chi connectivity index (χ2v) is 4.65. The fourth-order valence-corrected chi connectivity index (χ4v) is 2.19. The van der Waals surface area contributed by atoms with Gasteiger partial charge in [-0.25, -0.2) is 4.39 Å². The van der Waals surface area contributed by atoms with Crippen LogP contribution in [0.15, 0.2) is 29.4 Å². The molecule has 0 aliphatic carbocycles. The third-order valence-corrected chi connectivity index (χ3v) is 3.28. The van der Waals surface area contributed by atoms with Gasteiger partial charge in [0.1, 0.15) is 5.82 Å². The number of carbonyl (C=O) groups excluding carboxylic acids is 1. The highest BCUT2D eigenvalue weighted by atomic mass is 32.2. The van der Waals surface area contributed by atoms with E-state index in [-0.39, 0.29) is 11.2 Å². The second-order valence-electron chi connectivity index (χ2n) is 3.44. The van der Waals surface area contributed by atoms with Crippen LogP contribution in [-0.4, -0.2) is 16.7 Å². The molecule has 1 N–H and O–H groups in total. The highest BCUT2D eigenvalue weighted by molar-refractivity contribution is 8.15. The lowest BCUT2D eigenvalue weighted by Crippen LogP contribution is -2.16. The molecule has 0 bridgehead atoms. The van der Waals surface area contributed by atoms with Crippen LogP contribution in [0.3, 0.4) is 0 Å². The Hall–Kier alpha value is -1.36. The van der Waals surface area contributed by atoms with Crippen LogP contribution in [0.5, 0.6) is 0 Å². The molecule has 0 radical (unpaired) electrons. The van der Waals surface area contributed by atoms with E-state index in [0.29, 0.717) is 0 Å². The van der Waals surface area contributed by atoms with Gasteiger partial charge in [-0.1, -0.05) is 23.9 Å². The number of hydrazone groups is 1. The molecule has 0 spiro atoms. The first-order valence-electron chi connectivity index (χ1n) is 4.96. The average molecular weight is 238 g/mol. The number of hydrogen-bond acceptors (Lipinski definition) is 4. The first-order chi connectivity index (χ1) is 7.78. The van der Waals surface area contributed by atoms with Crippen LogP contribution in [0.25, 0.3) is 0 Å². The summed E-state index contributed by atoms with van der Waals surface area (Å²) in [5.74, 6) is -0.223. The number of thioether (sulfide) groups is 1. The van der Waals surface area contributed by atoms with Crippen LogP contribution in [0.4, 0.5) is 4.39 Å². The Bertz CT molecular complexity index is 405. The standard InChI is InChI=1S/C11H11FN2OS/c12-9-4-1-8(2-5-9)3-6-10-13-14-11(7-15)16-10/h1-2,4-5,7,11,14H,3,6H2. The number of hydrogen-bond donors (Lipinski definition) is 1. The van der Waals surface area contributed by atoms with Crippen molar-refractivity contribution in [3.63, 3.8) is 0 Å². The predicted molar refractivity (Wildman–Crippen MR) is 62.7 cm³/mol. The number of rotatable bonds is 4. The largest absolute Gasteiger partial charge is 0.300 e. The summed E-state index contributed by atoms with van der Waals surface area (Å²) in [5, 5.41) is 4.72. The molecule has 2 rings (SSSR count). The molecule has 5 heteroatoms. The molecule has 1 atom stereocenters. The van der Waals surface area contributed by atoms with Gasteiger partial charge in [-0.15, -0.1) is 0 Å². The molecular formula is C11H11FN2OS. The van der Waals surface area contributed by atoms with Crippen molar-refractivity contribution < 1.29 is 9.18 Å². The van der Waals surface area contributed by atoms with E-state index in [9.17, 15) is 9.18 Å². The number of aryl methyl sites for hydroxylation is 1. The maximum Gasteiger partial charge on any atom is 0.154 e. The Morgan fingerprint density at radius 2 is 2.12 bits per heavy atom. The number of nitrogens with one attached hydrogen (secondary N) is 1. The van der Waals surface area contributed by atoms with Gasteiger partial charge < -0.3 is 4.79 Å². The molecule has 3 nitrogen and oxygen atoms in total. The van der Waals surface area contributed by atoms with E-state index in [1.807, 2.05) is 0 Å². The van der Waals surface area contributed by atoms with Crippen molar-refractivity contribution in [3.05, 3.63) is 35.6 Å². The Balaban J connectivity index is 1.84. The molecule has 1 aromatic rings. The van der Waals surface area contributed by atoms with Crippen molar-refractivity contribution in [2.75, 3.05) is 0 Å². The van der Waals surface area contributed by atoms with Crippen LogP contribution in [-0.2, 0) is 11.2 Å². The van der Waals surface area contributed by atoms with Gasteiger partial charge in [0.05, 0.1) is 5.04 Å². The van der Waals surface area contributed by atoms with Gasteiger partial charge in [-0.3, -0.25) is 5.43 Å². The summed E-state index contributed by atoms with van der Waals surface area (Å²) >= 11 is 1.43. The summed E-state index contributed by atoms with van der Waals surface area (Å²) in [5.41, 5.74) is 3.79. The lowest BCUT2D eigenvalue weighted by molar-refractivity contribution is -0.107. The van der Waals surface area contributed by atoms with Gasteiger partial charge in [-0.2, -0.15) is 5.10 Å². The van der Waals surface area contributed by atoms with Crippen LogP contribution in [0.2, 0.25) is 0 Å². The SMILES string of the molecule is O=CC1NN=C(CCc2ccc(F)cc2)S1. The normalized spacial score (nSPS) is 19.1. The van der Waals surface area contributed by atoms with E-state index in [1.165, 1.54) is 23.9 Å². The van der Waals surface area contributed by atoms with Crippen molar-refractivity contribution in [1.29, 1.82) is 0 Å². The number of aldehydes is 1. The minimum atomic E-state index is -0.247. The third-order valence-electron chi connectivity index (χ3n) is 2.24. The van der Waals surface area contributed by atoms with Crippen LogP contribution >= 0.6 is 11.8 Å². The molecule has 0 saturated carbocycles. The fourth-order valence-electron chi connectivity index (χ4n) is 1.41. The Labute approximate surface area is 97.1 Å². The predicted octanol–water partition coefficient (Wildman–Crippen LogP) is 1.93. The zero-order valence-electron chi connectivity index (χ0n) is 8.52. The van der Waals surface area contributed by atoms with E-state index in [2.05, 4.69) is 10.5 Å². The van der Waals surface area contributed by atoms with Crippen molar-refractivity contribution in [1.82, 2.24) is 5.43 Å². The molecule has 1 aliphatic heterocycles. The first kappa shape index (κ1) is 11.1. The molecule has 0 aromatic heterocycles. The smallest absolute Gasteiger partial charge is 0.154 e. The summed E-state index contributed by atoms with van der Waals surface area (Å²) in [6.07, 6.45) is 2.41.